The summed E-state index contributed by atoms with van der Waals surface area (Å²) >= 11 is 5.92. The van der Waals surface area contributed by atoms with Crippen molar-refractivity contribution < 1.29 is 22.7 Å². The molecule has 0 fully saturated rings. The number of para-hydroxylation sites is 1. The van der Waals surface area contributed by atoms with Crippen molar-refractivity contribution in [2.45, 2.75) is 32.9 Å². The van der Waals surface area contributed by atoms with Crippen LogP contribution in [0.3, 0.4) is 0 Å². The molecule has 2 aromatic heterocycles. The number of aromatic nitrogens is 3. The smallest absolute Gasteiger partial charge is 0.435 e. The van der Waals surface area contributed by atoms with Gasteiger partial charge in [0, 0.05) is 18.8 Å². The molecule has 0 saturated carbocycles. The van der Waals surface area contributed by atoms with Crippen LogP contribution in [0.4, 0.5) is 19.0 Å². The van der Waals surface area contributed by atoms with Gasteiger partial charge in [-0.1, -0.05) is 43.1 Å². The lowest BCUT2D eigenvalue weighted by atomic mass is 10.1. The predicted molar refractivity (Wildman–Crippen MR) is 118 cm³/mol. The predicted octanol–water partition coefficient (Wildman–Crippen LogP) is 5.51. The molecule has 10 heteroatoms. The number of halogens is 4. The molecule has 0 radical (unpaired) electrons. The third-order valence-electron chi connectivity index (χ3n) is 4.22. The second-order valence-corrected chi connectivity index (χ2v) is 7.07. The molecule has 6 nitrogen and oxygen atoms in total. The second kappa shape index (κ2) is 11.5. The van der Waals surface area contributed by atoms with Gasteiger partial charge in [-0.25, -0.2) is 4.98 Å². The maximum atomic E-state index is 12.7. The Kier molecular flexibility index (Phi) is 9.07. The quantitative estimate of drug-likeness (QED) is 0.463. The Morgan fingerprint density at radius 1 is 1.22 bits per heavy atom. The van der Waals surface area contributed by atoms with E-state index in [0.29, 0.717) is 12.4 Å². The van der Waals surface area contributed by atoms with Gasteiger partial charge in [-0.3, -0.25) is 4.79 Å². The van der Waals surface area contributed by atoms with Gasteiger partial charge in [0.2, 0.25) is 5.88 Å². The molecule has 0 amide bonds. The number of carbonyl (C=O) groups is 1. The first kappa shape index (κ1) is 25.2. The summed E-state index contributed by atoms with van der Waals surface area (Å²) in [6.07, 6.45) is -1.92. The summed E-state index contributed by atoms with van der Waals surface area (Å²) in [7, 11) is 1.92. The minimum atomic E-state index is -4.62. The third-order valence-corrected chi connectivity index (χ3v) is 4.54. The van der Waals surface area contributed by atoms with Crippen molar-refractivity contribution in [3.63, 3.8) is 0 Å². The van der Waals surface area contributed by atoms with Gasteiger partial charge in [0.05, 0.1) is 10.7 Å². The average Bonchev–Trinajstić information content (AvgIpc) is 3.19. The average molecular weight is 469 g/mol. The normalized spacial score (nSPS) is 10.8. The molecule has 1 N–H and O–H groups in total. The number of benzene rings is 1. The van der Waals surface area contributed by atoms with E-state index in [-0.39, 0.29) is 23.2 Å². The van der Waals surface area contributed by atoms with Crippen LogP contribution in [-0.4, -0.2) is 34.7 Å². The Bertz CT molecular complexity index is 1040. The molecule has 0 saturated heterocycles. The lowest BCUT2D eigenvalue weighted by Gasteiger charge is -2.08. The molecule has 32 heavy (non-hydrogen) atoms. The van der Waals surface area contributed by atoms with Gasteiger partial charge in [-0.15, -0.1) is 0 Å². The largest absolute Gasteiger partial charge is 0.470 e. The van der Waals surface area contributed by atoms with Crippen LogP contribution in [0, 0.1) is 6.92 Å². The Morgan fingerprint density at radius 3 is 2.53 bits per heavy atom. The van der Waals surface area contributed by atoms with E-state index in [1.165, 1.54) is 24.1 Å². The van der Waals surface area contributed by atoms with E-state index in [9.17, 15) is 18.0 Å². The van der Waals surface area contributed by atoms with Crippen molar-refractivity contribution in [3.05, 3.63) is 64.4 Å². The topological polar surface area (TPSA) is 69.0 Å². The fourth-order valence-electron chi connectivity index (χ4n) is 2.79. The van der Waals surface area contributed by atoms with E-state index in [1.54, 1.807) is 12.1 Å². The molecule has 0 atom stereocenters. The Hall–Kier alpha value is -3.07. The van der Waals surface area contributed by atoms with Crippen molar-refractivity contribution >= 4 is 23.7 Å². The molecule has 1 aromatic carbocycles. The SMILES string of the molecule is CCCc1ccc(C)nc1NC.O=CCOc1cc(C(F)(F)F)nn1-c1ccccc1Cl. The zero-order chi connectivity index (χ0) is 23.7. The molecule has 172 valence electrons. The van der Waals surface area contributed by atoms with Crippen LogP contribution < -0.4 is 10.1 Å². The lowest BCUT2D eigenvalue weighted by molar-refractivity contribution is -0.141. The van der Waals surface area contributed by atoms with Crippen LogP contribution in [0.25, 0.3) is 5.69 Å². The van der Waals surface area contributed by atoms with Gasteiger partial charge in [-0.05, 0) is 37.1 Å². The zero-order valence-electron chi connectivity index (χ0n) is 17.9. The minimum absolute atomic E-state index is 0.209. The highest BCUT2D eigenvalue weighted by Gasteiger charge is 2.35. The molecule has 0 aliphatic carbocycles. The van der Waals surface area contributed by atoms with Crippen LogP contribution in [0.2, 0.25) is 5.02 Å². The van der Waals surface area contributed by atoms with Crippen molar-refractivity contribution in [2.24, 2.45) is 0 Å². The monoisotopic (exact) mass is 468 g/mol. The summed E-state index contributed by atoms with van der Waals surface area (Å²) in [5.41, 5.74) is 1.48. The van der Waals surface area contributed by atoms with E-state index in [0.717, 1.165) is 22.6 Å². The third kappa shape index (κ3) is 6.71. The van der Waals surface area contributed by atoms with Crippen molar-refractivity contribution in [3.8, 4) is 11.6 Å². The molecule has 3 rings (SSSR count). The van der Waals surface area contributed by atoms with Crippen molar-refractivity contribution in [1.82, 2.24) is 14.8 Å². The van der Waals surface area contributed by atoms with E-state index >= 15 is 0 Å². The van der Waals surface area contributed by atoms with Crippen molar-refractivity contribution in [1.29, 1.82) is 0 Å². The van der Waals surface area contributed by atoms with Gasteiger partial charge in [-0.2, -0.15) is 23.0 Å². The van der Waals surface area contributed by atoms with E-state index in [4.69, 9.17) is 16.3 Å². The number of aryl methyl sites for hydroxylation is 2. The number of hydrogen-bond acceptors (Lipinski definition) is 5. The maximum absolute atomic E-state index is 12.7. The number of carbonyl (C=O) groups excluding carboxylic acids is 1. The summed E-state index contributed by atoms with van der Waals surface area (Å²) in [5.74, 6) is 0.814. The second-order valence-electron chi connectivity index (χ2n) is 6.67. The highest BCUT2D eigenvalue weighted by Crippen LogP contribution is 2.33. The van der Waals surface area contributed by atoms with E-state index in [1.807, 2.05) is 14.0 Å². The number of nitrogens with one attached hydrogen (secondary N) is 1. The van der Waals surface area contributed by atoms with Gasteiger partial charge in [0.15, 0.2) is 12.0 Å². The maximum Gasteiger partial charge on any atom is 0.435 e. The molecule has 0 bridgehead atoms. The molecule has 0 unspecified atom stereocenters. The number of pyridine rings is 1. The van der Waals surface area contributed by atoms with E-state index in [2.05, 4.69) is 34.5 Å². The molecule has 0 aliphatic rings. The first-order valence-electron chi connectivity index (χ1n) is 9.84. The summed E-state index contributed by atoms with van der Waals surface area (Å²) < 4.78 is 43.9. The fraction of sp³-hybridized carbons (Fsp3) is 0.318. The highest BCUT2D eigenvalue weighted by atomic mass is 35.5. The molecular weight excluding hydrogens is 445 g/mol. The van der Waals surface area contributed by atoms with E-state index < -0.39 is 11.9 Å². The highest BCUT2D eigenvalue weighted by molar-refractivity contribution is 6.32. The van der Waals surface area contributed by atoms with Crippen LogP contribution >= 0.6 is 11.6 Å². The molecule has 3 aromatic rings. The first-order valence-corrected chi connectivity index (χ1v) is 10.2. The summed E-state index contributed by atoms with van der Waals surface area (Å²) in [6, 6.07) is 11.2. The Balaban J connectivity index is 0.000000258. The van der Waals surface area contributed by atoms with Gasteiger partial charge in [0.1, 0.15) is 12.4 Å². The minimum Gasteiger partial charge on any atom is -0.470 e. The molecule has 2 heterocycles. The number of ether oxygens (including phenoxy) is 1. The van der Waals surface area contributed by atoms with Crippen LogP contribution in [0.1, 0.15) is 30.3 Å². The molecule has 0 aliphatic heterocycles. The number of aldehydes is 1. The van der Waals surface area contributed by atoms with Gasteiger partial charge >= 0.3 is 6.18 Å². The summed E-state index contributed by atoms with van der Waals surface area (Å²) in [5, 5.41) is 6.75. The fourth-order valence-corrected chi connectivity index (χ4v) is 3.01. The standard InChI is InChI=1S/C12H8ClF3N2O2.C10H16N2/c13-8-3-1-2-4-9(8)18-11(20-6-5-19)7-10(17-18)12(14,15)16;1-4-5-9-7-6-8(2)12-10(9)11-3/h1-5,7H,6H2;6-7H,4-5H2,1-3H3,(H,11,12). The summed E-state index contributed by atoms with van der Waals surface area (Å²) in [6.45, 7) is 3.81. The number of anilines is 1. The lowest BCUT2D eigenvalue weighted by Crippen LogP contribution is -2.08. The number of alkyl halides is 3. The number of nitrogens with zero attached hydrogens (tertiary/aromatic N) is 3. The number of hydrogen-bond donors (Lipinski definition) is 1. The Morgan fingerprint density at radius 2 is 1.94 bits per heavy atom. The van der Waals surface area contributed by atoms with Crippen LogP contribution in [0.5, 0.6) is 5.88 Å². The number of rotatable bonds is 7. The van der Waals surface area contributed by atoms with Gasteiger partial charge < -0.3 is 10.1 Å². The first-order chi connectivity index (χ1) is 15.2. The van der Waals surface area contributed by atoms with Crippen molar-refractivity contribution in [2.75, 3.05) is 19.0 Å². The van der Waals surface area contributed by atoms with Crippen LogP contribution in [0.15, 0.2) is 42.5 Å². The zero-order valence-corrected chi connectivity index (χ0v) is 18.7. The van der Waals surface area contributed by atoms with Gasteiger partial charge in [0.25, 0.3) is 0 Å². The molecular formula is C22H24ClF3N4O2. The van der Waals surface area contributed by atoms with Crippen LogP contribution in [-0.2, 0) is 17.4 Å². The molecule has 0 spiro atoms. The summed E-state index contributed by atoms with van der Waals surface area (Å²) in [4.78, 5) is 14.7. The Labute approximate surface area is 189 Å².